The molecule has 20 heavy (non-hydrogen) atoms. The fourth-order valence-corrected chi connectivity index (χ4v) is 2.90. The topological polar surface area (TPSA) is 66.9 Å². The minimum Gasteiger partial charge on any atom is -0.398 e. The quantitative estimate of drug-likeness (QED) is 0.575. The third-order valence-electron chi connectivity index (χ3n) is 3.16. The summed E-state index contributed by atoms with van der Waals surface area (Å²) in [5.74, 6) is -0.139. The SMILES string of the molecule is N#Cc1ccc(C(=O)c2ccc3ccccc3c2N)s1. The van der Waals surface area contributed by atoms with Crippen molar-refractivity contribution in [3.05, 3.63) is 63.8 Å². The van der Waals surface area contributed by atoms with Crippen LogP contribution in [0.3, 0.4) is 0 Å². The molecule has 3 nitrogen and oxygen atoms in total. The predicted molar refractivity (Wildman–Crippen MR) is 80.8 cm³/mol. The summed E-state index contributed by atoms with van der Waals surface area (Å²) in [6, 6.07) is 16.7. The van der Waals surface area contributed by atoms with Crippen molar-refractivity contribution in [3.8, 4) is 6.07 Å². The highest BCUT2D eigenvalue weighted by Crippen LogP contribution is 2.28. The van der Waals surface area contributed by atoms with E-state index in [0.29, 0.717) is 21.0 Å². The summed E-state index contributed by atoms with van der Waals surface area (Å²) >= 11 is 1.18. The summed E-state index contributed by atoms with van der Waals surface area (Å²) in [7, 11) is 0. The molecule has 0 saturated heterocycles. The van der Waals surface area contributed by atoms with Gasteiger partial charge in [-0.25, -0.2) is 0 Å². The lowest BCUT2D eigenvalue weighted by Gasteiger charge is -2.07. The average Bonchev–Trinajstić information content (AvgIpc) is 2.96. The van der Waals surface area contributed by atoms with E-state index in [1.807, 2.05) is 36.4 Å². The van der Waals surface area contributed by atoms with E-state index in [0.717, 1.165) is 10.8 Å². The lowest BCUT2D eigenvalue weighted by molar-refractivity contribution is 0.104. The van der Waals surface area contributed by atoms with Gasteiger partial charge in [0.2, 0.25) is 5.78 Å². The van der Waals surface area contributed by atoms with E-state index in [4.69, 9.17) is 11.0 Å². The van der Waals surface area contributed by atoms with Gasteiger partial charge in [-0.1, -0.05) is 30.3 Å². The van der Waals surface area contributed by atoms with E-state index >= 15 is 0 Å². The van der Waals surface area contributed by atoms with Crippen LogP contribution < -0.4 is 5.73 Å². The van der Waals surface area contributed by atoms with Gasteiger partial charge in [-0.2, -0.15) is 5.26 Å². The first-order valence-electron chi connectivity index (χ1n) is 6.02. The van der Waals surface area contributed by atoms with Gasteiger partial charge in [-0.3, -0.25) is 4.79 Å². The number of nitrogen functional groups attached to an aromatic ring is 1. The molecule has 1 aromatic heterocycles. The predicted octanol–water partition coefficient (Wildman–Crippen LogP) is 3.59. The number of nitrogens with two attached hydrogens (primary N) is 1. The molecule has 0 aliphatic rings. The molecule has 0 atom stereocenters. The fraction of sp³-hybridized carbons (Fsp3) is 0. The smallest absolute Gasteiger partial charge is 0.205 e. The molecule has 0 radical (unpaired) electrons. The van der Waals surface area contributed by atoms with Gasteiger partial charge in [0.05, 0.1) is 10.6 Å². The Hall–Kier alpha value is -2.64. The van der Waals surface area contributed by atoms with E-state index in [9.17, 15) is 4.79 Å². The Bertz CT molecular complexity index is 858. The van der Waals surface area contributed by atoms with E-state index in [-0.39, 0.29) is 5.78 Å². The molecule has 0 unspecified atom stereocenters. The zero-order valence-electron chi connectivity index (χ0n) is 10.5. The van der Waals surface area contributed by atoms with Crippen LogP contribution in [0, 0.1) is 11.3 Å². The molecule has 0 amide bonds. The number of nitriles is 1. The van der Waals surface area contributed by atoms with E-state index < -0.39 is 0 Å². The molecule has 1 heterocycles. The summed E-state index contributed by atoms with van der Waals surface area (Å²) in [6.07, 6.45) is 0. The molecule has 0 saturated carbocycles. The molecule has 0 aliphatic carbocycles. The van der Waals surface area contributed by atoms with Crippen LogP contribution in [0.1, 0.15) is 20.1 Å². The van der Waals surface area contributed by atoms with Crippen LogP contribution in [0.15, 0.2) is 48.5 Å². The number of anilines is 1. The fourth-order valence-electron chi connectivity index (χ4n) is 2.15. The third kappa shape index (κ3) is 1.94. The highest BCUT2D eigenvalue weighted by atomic mass is 32.1. The number of nitrogens with zero attached hydrogens (tertiary/aromatic N) is 1. The zero-order valence-corrected chi connectivity index (χ0v) is 11.3. The Balaban J connectivity index is 2.12. The number of ketones is 1. The first-order chi connectivity index (χ1) is 9.70. The molecule has 2 aromatic carbocycles. The number of benzene rings is 2. The van der Waals surface area contributed by atoms with Crippen molar-refractivity contribution in [2.24, 2.45) is 0 Å². The first-order valence-corrected chi connectivity index (χ1v) is 6.84. The van der Waals surface area contributed by atoms with Gasteiger partial charge >= 0.3 is 0 Å². The zero-order chi connectivity index (χ0) is 14.1. The summed E-state index contributed by atoms with van der Waals surface area (Å²) < 4.78 is 0. The van der Waals surface area contributed by atoms with Crippen LogP contribution in [0.5, 0.6) is 0 Å². The van der Waals surface area contributed by atoms with Crippen LogP contribution in [-0.2, 0) is 0 Å². The monoisotopic (exact) mass is 278 g/mol. The Morgan fingerprint density at radius 3 is 2.65 bits per heavy atom. The summed E-state index contributed by atoms with van der Waals surface area (Å²) in [5, 5.41) is 10.7. The van der Waals surface area contributed by atoms with Crippen LogP contribution >= 0.6 is 11.3 Å². The van der Waals surface area contributed by atoms with Gasteiger partial charge in [0.1, 0.15) is 10.9 Å². The number of thiophene rings is 1. The Kier molecular flexibility index (Phi) is 2.97. The van der Waals surface area contributed by atoms with Crippen molar-refractivity contribution < 1.29 is 4.79 Å². The first kappa shape index (κ1) is 12.4. The maximum absolute atomic E-state index is 12.5. The van der Waals surface area contributed by atoms with Crippen molar-refractivity contribution in [1.82, 2.24) is 0 Å². The lowest BCUT2D eigenvalue weighted by atomic mass is 10.0. The maximum atomic E-state index is 12.5. The lowest BCUT2D eigenvalue weighted by Crippen LogP contribution is -2.04. The molecule has 0 aliphatic heterocycles. The van der Waals surface area contributed by atoms with Gasteiger partial charge in [0.25, 0.3) is 0 Å². The van der Waals surface area contributed by atoms with Gasteiger partial charge in [-0.15, -0.1) is 11.3 Å². The van der Waals surface area contributed by atoms with Crippen molar-refractivity contribution in [3.63, 3.8) is 0 Å². The molecule has 3 rings (SSSR count). The highest BCUT2D eigenvalue weighted by Gasteiger charge is 2.16. The molecule has 0 spiro atoms. The second kappa shape index (κ2) is 4.80. The minimum absolute atomic E-state index is 0.139. The Morgan fingerprint density at radius 2 is 1.90 bits per heavy atom. The Morgan fingerprint density at radius 1 is 1.10 bits per heavy atom. The van der Waals surface area contributed by atoms with Crippen molar-refractivity contribution >= 4 is 33.6 Å². The molecular formula is C16H10N2OS. The van der Waals surface area contributed by atoms with Crippen molar-refractivity contribution in [2.45, 2.75) is 0 Å². The second-order valence-electron chi connectivity index (χ2n) is 4.35. The largest absolute Gasteiger partial charge is 0.398 e. The van der Waals surface area contributed by atoms with Gasteiger partial charge in [-0.05, 0) is 23.6 Å². The number of hydrogen-bond donors (Lipinski definition) is 1. The van der Waals surface area contributed by atoms with E-state index in [2.05, 4.69) is 0 Å². The number of rotatable bonds is 2. The molecule has 2 N–H and O–H groups in total. The standard InChI is InChI=1S/C16H10N2OS/c17-9-11-6-8-14(20-11)16(19)13-7-5-10-3-1-2-4-12(10)15(13)18/h1-8H,18H2. The molecule has 3 aromatic rings. The molecule has 96 valence electrons. The van der Waals surface area contributed by atoms with Gasteiger partial charge in [0, 0.05) is 10.9 Å². The normalized spacial score (nSPS) is 10.3. The Labute approximate surface area is 119 Å². The van der Waals surface area contributed by atoms with Crippen molar-refractivity contribution in [2.75, 3.05) is 5.73 Å². The molecule has 4 heteroatoms. The van der Waals surface area contributed by atoms with Crippen LogP contribution in [0.2, 0.25) is 0 Å². The maximum Gasteiger partial charge on any atom is 0.205 e. The van der Waals surface area contributed by atoms with Crippen molar-refractivity contribution in [1.29, 1.82) is 5.26 Å². The number of hydrogen-bond acceptors (Lipinski definition) is 4. The van der Waals surface area contributed by atoms with Crippen LogP contribution in [0.4, 0.5) is 5.69 Å². The van der Waals surface area contributed by atoms with Crippen LogP contribution in [0.25, 0.3) is 10.8 Å². The molecular weight excluding hydrogens is 268 g/mol. The van der Waals surface area contributed by atoms with E-state index in [1.165, 1.54) is 11.3 Å². The molecule has 0 fully saturated rings. The number of fused-ring (bicyclic) bond motifs is 1. The van der Waals surface area contributed by atoms with Gasteiger partial charge in [0.15, 0.2) is 0 Å². The summed E-state index contributed by atoms with van der Waals surface area (Å²) in [4.78, 5) is 13.5. The third-order valence-corrected chi connectivity index (χ3v) is 4.14. The number of carbonyl (C=O) groups is 1. The summed E-state index contributed by atoms with van der Waals surface area (Å²) in [5.41, 5.74) is 7.08. The molecule has 0 bridgehead atoms. The van der Waals surface area contributed by atoms with E-state index in [1.54, 1.807) is 18.2 Å². The highest BCUT2D eigenvalue weighted by molar-refractivity contribution is 7.14. The summed E-state index contributed by atoms with van der Waals surface area (Å²) in [6.45, 7) is 0. The number of carbonyl (C=O) groups excluding carboxylic acids is 1. The second-order valence-corrected chi connectivity index (χ2v) is 5.44. The van der Waals surface area contributed by atoms with Gasteiger partial charge < -0.3 is 5.73 Å². The minimum atomic E-state index is -0.139. The average molecular weight is 278 g/mol. The van der Waals surface area contributed by atoms with Crippen LogP contribution in [-0.4, -0.2) is 5.78 Å².